The average molecular weight is 294 g/mol. The van der Waals surface area contributed by atoms with Crippen LogP contribution in [0, 0.1) is 0 Å². The van der Waals surface area contributed by atoms with Gasteiger partial charge in [-0.1, -0.05) is 20.8 Å². The van der Waals surface area contributed by atoms with E-state index in [0.717, 1.165) is 6.42 Å². The summed E-state index contributed by atoms with van der Waals surface area (Å²) in [5.74, 6) is -0.783. The number of hydrogen-bond acceptors (Lipinski definition) is 5. The average Bonchev–Trinajstić information content (AvgIpc) is 2.44. The predicted molar refractivity (Wildman–Crippen MR) is 79.7 cm³/mol. The summed E-state index contributed by atoms with van der Waals surface area (Å²) in [5.41, 5.74) is 0.248. The van der Waals surface area contributed by atoms with Crippen LogP contribution in [-0.4, -0.2) is 47.1 Å². The van der Waals surface area contributed by atoms with E-state index < -0.39 is 5.97 Å². The van der Waals surface area contributed by atoms with Crippen molar-refractivity contribution in [3.8, 4) is 0 Å². The summed E-state index contributed by atoms with van der Waals surface area (Å²) in [6.07, 6.45) is 2.31. The predicted octanol–water partition coefficient (Wildman–Crippen LogP) is 1.26. The Bertz CT molecular complexity index is 517. The largest absolute Gasteiger partial charge is 0.476 e. The van der Waals surface area contributed by atoms with Crippen molar-refractivity contribution in [2.75, 3.05) is 25.0 Å². The zero-order chi connectivity index (χ0) is 16.0. The Morgan fingerprint density at radius 3 is 2.62 bits per heavy atom. The lowest BCUT2D eigenvalue weighted by Crippen LogP contribution is -2.36. The number of likely N-dealkylation sites (N-methyl/N-ethyl adjacent to an activating group) is 1. The van der Waals surface area contributed by atoms with E-state index in [2.05, 4.69) is 15.3 Å². The minimum atomic E-state index is -1.13. The first-order valence-electron chi connectivity index (χ1n) is 6.94. The van der Waals surface area contributed by atoms with Crippen molar-refractivity contribution in [3.63, 3.8) is 0 Å². The Balaban J connectivity index is 2.95. The molecular formula is C14H22N4O3. The molecule has 0 aromatic carbocycles. The minimum Gasteiger partial charge on any atom is -0.476 e. The number of nitrogens with zero attached hydrogens (tertiary/aromatic N) is 3. The second-order valence-electron chi connectivity index (χ2n) is 5.13. The molecule has 0 aliphatic rings. The monoisotopic (exact) mass is 294 g/mol. The van der Waals surface area contributed by atoms with Gasteiger partial charge < -0.3 is 15.3 Å². The molecule has 7 nitrogen and oxygen atoms in total. The van der Waals surface area contributed by atoms with Crippen LogP contribution in [0.3, 0.4) is 0 Å². The van der Waals surface area contributed by atoms with Gasteiger partial charge in [0.1, 0.15) is 5.82 Å². The standard InChI is InChI=1S/C14H22N4O3/c1-5-6-15-11(19)8-18(4)10-7-16-13(9(2)3)17-12(10)14(20)21/h7,9H,5-6,8H2,1-4H3,(H,15,19)(H,20,21). The van der Waals surface area contributed by atoms with Gasteiger partial charge in [-0.3, -0.25) is 4.79 Å². The number of carbonyl (C=O) groups is 2. The van der Waals surface area contributed by atoms with Gasteiger partial charge in [0, 0.05) is 19.5 Å². The summed E-state index contributed by atoms with van der Waals surface area (Å²) < 4.78 is 0. The minimum absolute atomic E-state index is 0.0373. The second kappa shape index (κ2) is 7.56. The van der Waals surface area contributed by atoms with Crippen LogP contribution in [0.15, 0.2) is 6.20 Å². The zero-order valence-electron chi connectivity index (χ0n) is 12.9. The van der Waals surface area contributed by atoms with E-state index in [0.29, 0.717) is 18.1 Å². The maximum Gasteiger partial charge on any atom is 0.356 e. The molecule has 1 amide bonds. The Hall–Kier alpha value is -2.18. The van der Waals surface area contributed by atoms with Crippen molar-refractivity contribution >= 4 is 17.6 Å². The Morgan fingerprint density at radius 1 is 1.43 bits per heavy atom. The van der Waals surface area contributed by atoms with E-state index in [9.17, 15) is 14.7 Å². The summed E-state index contributed by atoms with van der Waals surface area (Å²) >= 11 is 0. The lowest BCUT2D eigenvalue weighted by molar-refractivity contribution is -0.119. The third-order valence-electron chi connectivity index (χ3n) is 2.87. The molecule has 116 valence electrons. The molecule has 1 rings (SSSR count). The quantitative estimate of drug-likeness (QED) is 0.786. The highest BCUT2D eigenvalue weighted by atomic mass is 16.4. The van der Waals surface area contributed by atoms with E-state index in [-0.39, 0.29) is 24.1 Å². The molecule has 0 saturated heterocycles. The lowest BCUT2D eigenvalue weighted by Gasteiger charge is -2.20. The van der Waals surface area contributed by atoms with E-state index in [1.165, 1.54) is 6.20 Å². The number of nitrogens with one attached hydrogen (secondary N) is 1. The van der Waals surface area contributed by atoms with Crippen molar-refractivity contribution in [3.05, 3.63) is 17.7 Å². The maximum absolute atomic E-state index is 11.7. The highest BCUT2D eigenvalue weighted by Crippen LogP contribution is 2.19. The molecule has 1 heterocycles. The van der Waals surface area contributed by atoms with Crippen molar-refractivity contribution in [2.24, 2.45) is 0 Å². The van der Waals surface area contributed by atoms with Gasteiger partial charge in [-0.05, 0) is 6.42 Å². The lowest BCUT2D eigenvalue weighted by atomic mass is 10.2. The molecule has 0 saturated carbocycles. The molecular weight excluding hydrogens is 272 g/mol. The summed E-state index contributed by atoms with van der Waals surface area (Å²) in [6, 6.07) is 0. The number of rotatable bonds is 7. The molecule has 21 heavy (non-hydrogen) atoms. The molecule has 0 aliphatic heterocycles. The fraction of sp³-hybridized carbons (Fsp3) is 0.571. The van der Waals surface area contributed by atoms with Crippen molar-refractivity contribution in [1.29, 1.82) is 0 Å². The number of aromatic carboxylic acids is 1. The fourth-order valence-electron chi connectivity index (χ4n) is 1.72. The van der Waals surface area contributed by atoms with Crippen LogP contribution in [0.5, 0.6) is 0 Å². The Labute approximate surface area is 124 Å². The van der Waals surface area contributed by atoms with Crippen molar-refractivity contribution in [1.82, 2.24) is 15.3 Å². The summed E-state index contributed by atoms with van der Waals surface area (Å²) in [5, 5.41) is 12.0. The number of carboxylic acid groups (broad SMARTS) is 1. The maximum atomic E-state index is 11.7. The first kappa shape index (κ1) is 16.9. The molecule has 0 aliphatic carbocycles. The number of amides is 1. The third kappa shape index (κ3) is 4.70. The Morgan fingerprint density at radius 2 is 2.10 bits per heavy atom. The molecule has 0 bridgehead atoms. The van der Waals surface area contributed by atoms with Crippen molar-refractivity contribution < 1.29 is 14.7 Å². The summed E-state index contributed by atoms with van der Waals surface area (Å²) in [7, 11) is 1.64. The number of carbonyl (C=O) groups excluding carboxylic acids is 1. The summed E-state index contributed by atoms with van der Waals surface area (Å²) in [6.45, 7) is 6.40. The van der Waals surface area contributed by atoms with Gasteiger partial charge in [0.2, 0.25) is 5.91 Å². The van der Waals surface area contributed by atoms with Crippen LogP contribution >= 0.6 is 0 Å². The normalized spacial score (nSPS) is 10.5. The molecule has 1 aromatic rings. The first-order chi connectivity index (χ1) is 9.86. The van der Waals surface area contributed by atoms with E-state index in [4.69, 9.17) is 0 Å². The third-order valence-corrected chi connectivity index (χ3v) is 2.87. The summed E-state index contributed by atoms with van der Waals surface area (Å²) in [4.78, 5) is 32.8. The van der Waals surface area contributed by atoms with Crippen LogP contribution in [0.1, 0.15) is 49.4 Å². The SMILES string of the molecule is CCCNC(=O)CN(C)c1cnc(C(C)C)nc1C(=O)O. The molecule has 0 fully saturated rings. The van der Waals surface area contributed by atoms with Gasteiger partial charge in [0.15, 0.2) is 5.69 Å². The van der Waals surface area contributed by atoms with Crippen LogP contribution in [-0.2, 0) is 4.79 Å². The number of hydrogen-bond donors (Lipinski definition) is 2. The van der Waals surface area contributed by atoms with Crippen LogP contribution in [0.25, 0.3) is 0 Å². The highest BCUT2D eigenvalue weighted by molar-refractivity contribution is 5.93. The van der Waals surface area contributed by atoms with Gasteiger partial charge >= 0.3 is 5.97 Å². The van der Waals surface area contributed by atoms with Gasteiger partial charge in [0.05, 0.1) is 18.4 Å². The molecule has 1 aromatic heterocycles. The van der Waals surface area contributed by atoms with E-state index in [1.807, 2.05) is 20.8 Å². The van der Waals surface area contributed by atoms with E-state index in [1.54, 1.807) is 11.9 Å². The number of anilines is 1. The second-order valence-corrected chi connectivity index (χ2v) is 5.13. The zero-order valence-corrected chi connectivity index (χ0v) is 12.9. The van der Waals surface area contributed by atoms with Gasteiger partial charge in [-0.15, -0.1) is 0 Å². The molecule has 2 N–H and O–H groups in total. The topological polar surface area (TPSA) is 95.4 Å². The molecule has 0 radical (unpaired) electrons. The first-order valence-corrected chi connectivity index (χ1v) is 6.94. The molecule has 0 atom stereocenters. The van der Waals surface area contributed by atoms with Crippen LogP contribution in [0.2, 0.25) is 0 Å². The Kier molecular flexibility index (Phi) is 6.08. The smallest absolute Gasteiger partial charge is 0.356 e. The van der Waals surface area contributed by atoms with Crippen molar-refractivity contribution in [2.45, 2.75) is 33.1 Å². The molecule has 0 unspecified atom stereocenters. The number of carboxylic acids is 1. The van der Waals surface area contributed by atoms with Crippen LogP contribution in [0.4, 0.5) is 5.69 Å². The van der Waals surface area contributed by atoms with E-state index >= 15 is 0 Å². The fourth-order valence-corrected chi connectivity index (χ4v) is 1.72. The van der Waals surface area contributed by atoms with Gasteiger partial charge in [-0.25, -0.2) is 14.8 Å². The van der Waals surface area contributed by atoms with Gasteiger partial charge in [-0.2, -0.15) is 0 Å². The van der Waals surface area contributed by atoms with Crippen LogP contribution < -0.4 is 10.2 Å². The number of aromatic nitrogens is 2. The highest BCUT2D eigenvalue weighted by Gasteiger charge is 2.19. The van der Waals surface area contributed by atoms with Gasteiger partial charge in [0.25, 0.3) is 0 Å². The molecule has 0 spiro atoms. The molecule has 7 heteroatoms.